The quantitative estimate of drug-likeness (QED) is 0.702. The van der Waals surface area contributed by atoms with Crippen LogP contribution in [0.25, 0.3) is 0 Å². The highest BCUT2D eigenvalue weighted by Crippen LogP contribution is 2.28. The first-order chi connectivity index (χ1) is 13.3. The van der Waals surface area contributed by atoms with Gasteiger partial charge in [0.15, 0.2) is 5.82 Å². The van der Waals surface area contributed by atoms with E-state index < -0.39 is 44.6 Å². The van der Waals surface area contributed by atoms with Crippen molar-refractivity contribution in [3.8, 4) is 6.07 Å². The number of sulfonamides is 1. The minimum atomic E-state index is -4.92. The lowest BCUT2D eigenvalue weighted by atomic mass is 10.3. The topological polar surface area (TPSA) is 117 Å². The summed E-state index contributed by atoms with van der Waals surface area (Å²) in [5.74, 6) is -2.56. The fourth-order valence-corrected chi connectivity index (χ4v) is 3.99. The van der Waals surface area contributed by atoms with Gasteiger partial charge in [-0.25, -0.2) is 17.8 Å². The van der Waals surface area contributed by atoms with Crippen LogP contribution in [0.2, 0.25) is 0 Å². The van der Waals surface area contributed by atoms with Gasteiger partial charge in [-0.1, -0.05) is 0 Å². The molecule has 1 amide bonds. The van der Waals surface area contributed by atoms with Gasteiger partial charge in [0.05, 0.1) is 0 Å². The maximum atomic E-state index is 14.8. The number of rotatable bonds is 5. The lowest BCUT2D eigenvalue weighted by molar-refractivity contribution is -0.147. The molecule has 2 N–H and O–H groups in total. The number of anilines is 1. The van der Waals surface area contributed by atoms with E-state index >= 15 is 0 Å². The highest BCUT2D eigenvalue weighted by molar-refractivity contribution is 7.89. The van der Waals surface area contributed by atoms with Crippen LogP contribution >= 0.6 is 0 Å². The molecule has 2 rings (SSSR count). The smallest absolute Gasteiger partial charge is 0.340 e. The van der Waals surface area contributed by atoms with Crippen LogP contribution < -0.4 is 10.0 Å². The van der Waals surface area contributed by atoms with Crippen LogP contribution in [0.5, 0.6) is 0 Å². The number of aromatic nitrogens is 2. The number of hydrogen-bond acceptors (Lipinski definition) is 5. The van der Waals surface area contributed by atoms with E-state index in [1.165, 1.54) is 30.1 Å². The van der Waals surface area contributed by atoms with Crippen LogP contribution in [-0.4, -0.2) is 36.1 Å². The second-order valence-corrected chi connectivity index (χ2v) is 7.67. The van der Waals surface area contributed by atoms with Gasteiger partial charge in [-0.2, -0.15) is 23.2 Å². The standard InChI is InChI=1S/C16H15F4N5O3S/c1-8-14(29(27,28)24-9(2)16(18,19)20)12(17)13(25(8)3)15(26)23-10-4-5-22-11(6-10)7-21/h4-6,9,24H,1-3H3,(H,22,23,26)/t9-/m1/s1. The van der Waals surface area contributed by atoms with Gasteiger partial charge < -0.3 is 9.88 Å². The van der Waals surface area contributed by atoms with Crippen molar-refractivity contribution in [2.45, 2.75) is 31.0 Å². The minimum absolute atomic E-state index is 0.0278. The largest absolute Gasteiger partial charge is 0.404 e. The Kier molecular flexibility index (Phi) is 6.00. The summed E-state index contributed by atoms with van der Waals surface area (Å²) < 4.78 is 79.8. The van der Waals surface area contributed by atoms with Crippen LogP contribution in [-0.2, 0) is 17.1 Å². The first-order valence-electron chi connectivity index (χ1n) is 7.91. The Balaban J connectivity index is 2.44. The fourth-order valence-electron chi connectivity index (χ4n) is 2.42. The van der Waals surface area contributed by atoms with Gasteiger partial charge in [0, 0.05) is 24.6 Å². The molecule has 29 heavy (non-hydrogen) atoms. The zero-order chi connectivity index (χ0) is 22.1. The number of pyridine rings is 1. The average Bonchev–Trinajstić information content (AvgIpc) is 2.83. The molecular formula is C16H15F4N5O3S. The molecule has 0 unspecified atom stereocenters. The molecule has 0 aromatic carbocycles. The van der Waals surface area contributed by atoms with E-state index in [2.05, 4.69) is 10.3 Å². The van der Waals surface area contributed by atoms with E-state index in [0.29, 0.717) is 6.92 Å². The SMILES string of the molecule is Cc1c(S(=O)(=O)N[C@H](C)C(F)(F)F)c(F)c(C(=O)Nc2ccnc(C#N)c2)n1C. The highest BCUT2D eigenvalue weighted by atomic mass is 32.2. The molecule has 0 aliphatic rings. The summed E-state index contributed by atoms with van der Waals surface area (Å²) in [6.07, 6.45) is -3.66. The van der Waals surface area contributed by atoms with E-state index in [-0.39, 0.29) is 17.1 Å². The molecule has 2 heterocycles. The van der Waals surface area contributed by atoms with Crippen LogP contribution in [0.1, 0.15) is 28.8 Å². The van der Waals surface area contributed by atoms with Gasteiger partial charge in [-0.15, -0.1) is 0 Å². The molecule has 2 aromatic heterocycles. The fraction of sp³-hybridized carbons (Fsp3) is 0.312. The third-order valence-electron chi connectivity index (χ3n) is 4.01. The summed E-state index contributed by atoms with van der Waals surface area (Å²) in [5, 5.41) is 11.1. The predicted octanol–water partition coefficient (Wildman–Crippen LogP) is 2.22. The van der Waals surface area contributed by atoms with Gasteiger partial charge in [0.25, 0.3) is 5.91 Å². The molecule has 0 saturated heterocycles. The van der Waals surface area contributed by atoms with Crippen molar-refractivity contribution >= 4 is 21.6 Å². The zero-order valence-electron chi connectivity index (χ0n) is 15.3. The van der Waals surface area contributed by atoms with Gasteiger partial charge in [-0.05, 0) is 26.0 Å². The van der Waals surface area contributed by atoms with Crippen molar-refractivity contribution in [3.63, 3.8) is 0 Å². The van der Waals surface area contributed by atoms with Crippen LogP contribution in [0.15, 0.2) is 23.2 Å². The molecule has 2 aromatic rings. The van der Waals surface area contributed by atoms with Crippen LogP contribution in [0.4, 0.5) is 23.2 Å². The number of carbonyl (C=O) groups is 1. The average molecular weight is 433 g/mol. The molecular weight excluding hydrogens is 418 g/mol. The van der Waals surface area contributed by atoms with Crippen molar-refractivity contribution in [3.05, 3.63) is 41.2 Å². The molecule has 0 fully saturated rings. The zero-order valence-corrected chi connectivity index (χ0v) is 16.1. The number of alkyl halides is 3. The van der Waals surface area contributed by atoms with Crippen molar-refractivity contribution in [2.75, 3.05) is 5.32 Å². The Labute approximate surface area is 163 Å². The first-order valence-corrected chi connectivity index (χ1v) is 9.39. The van der Waals surface area contributed by atoms with Gasteiger partial charge in [0.1, 0.15) is 28.4 Å². The van der Waals surface area contributed by atoms with E-state index in [1.54, 1.807) is 6.07 Å². The van der Waals surface area contributed by atoms with E-state index in [1.807, 2.05) is 0 Å². The molecule has 8 nitrogen and oxygen atoms in total. The van der Waals surface area contributed by atoms with Gasteiger partial charge in [0.2, 0.25) is 10.0 Å². The Bertz CT molecular complexity index is 1100. The van der Waals surface area contributed by atoms with E-state index in [9.17, 15) is 30.8 Å². The molecule has 13 heteroatoms. The van der Waals surface area contributed by atoms with Gasteiger partial charge in [-0.3, -0.25) is 4.79 Å². The Morgan fingerprint density at radius 3 is 2.55 bits per heavy atom. The summed E-state index contributed by atoms with van der Waals surface area (Å²) in [5.41, 5.74) is -0.923. The summed E-state index contributed by atoms with van der Waals surface area (Å²) in [7, 11) is -3.73. The summed E-state index contributed by atoms with van der Waals surface area (Å²) >= 11 is 0. The number of amides is 1. The second kappa shape index (κ2) is 7.80. The lowest BCUT2D eigenvalue weighted by Gasteiger charge is -2.17. The lowest BCUT2D eigenvalue weighted by Crippen LogP contribution is -2.43. The van der Waals surface area contributed by atoms with Crippen molar-refractivity contribution in [2.24, 2.45) is 7.05 Å². The monoisotopic (exact) mass is 433 g/mol. The second-order valence-electron chi connectivity index (χ2n) is 6.02. The van der Waals surface area contributed by atoms with Crippen LogP contribution in [0.3, 0.4) is 0 Å². The summed E-state index contributed by atoms with van der Waals surface area (Å²) in [6.45, 7) is 1.71. The first kappa shape index (κ1) is 22.3. The molecule has 0 aliphatic heterocycles. The van der Waals surface area contributed by atoms with E-state index in [4.69, 9.17) is 5.26 Å². The summed E-state index contributed by atoms with van der Waals surface area (Å²) in [4.78, 5) is 15.1. The maximum absolute atomic E-state index is 14.8. The van der Waals surface area contributed by atoms with Crippen molar-refractivity contribution in [1.29, 1.82) is 5.26 Å². The third kappa shape index (κ3) is 4.54. The number of halogens is 4. The number of carbonyl (C=O) groups excluding carboxylic acids is 1. The normalized spacial score (nSPS) is 13.0. The molecule has 0 saturated carbocycles. The van der Waals surface area contributed by atoms with E-state index in [0.717, 1.165) is 11.5 Å². The Morgan fingerprint density at radius 1 is 1.38 bits per heavy atom. The summed E-state index contributed by atoms with van der Waals surface area (Å²) in [6, 6.07) is 1.80. The highest BCUT2D eigenvalue weighted by Gasteiger charge is 2.41. The molecule has 0 bridgehead atoms. The van der Waals surface area contributed by atoms with Gasteiger partial charge >= 0.3 is 6.18 Å². The molecule has 0 aliphatic carbocycles. The number of nitrogens with one attached hydrogen (secondary N) is 2. The van der Waals surface area contributed by atoms with Crippen LogP contribution in [0, 0.1) is 24.1 Å². The molecule has 1 atom stereocenters. The minimum Gasteiger partial charge on any atom is -0.340 e. The third-order valence-corrected chi connectivity index (χ3v) is 5.69. The maximum Gasteiger partial charge on any atom is 0.404 e. The molecule has 0 spiro atoms. The predicted molar refractivity (Wildman–Crippen MR) is 92.9 cm³/mol. The number of hydrogen-bond donors (Lipinski definition) is 2. The molecule has 156 valence electrons. The van der Waals surface area contributed by atoms with Crippen molar-refractivity contribution in [1.82, 2.24) is 14.3 Å². The van der Waals surface area contributed by atoms with Crippen molar-refractivity contribution < 1.29 is 30.8 Å². The Morgan fingerprint density at radius 2 is 2.00 bits per heavy atom. The number of nitrogens with zero attached hydrogens (tertiary/aromatic N) is 3. The Hall–Kier alpha value is -2.98. The molecule has 0 radical (unpaired) electrons. The number of nitriles is 1.